The van der Waals surface area contributed by atoms with Crippen molar-refractivity contribution in [2.24, 2.45) is 7.05 Å². The van der Waals surface area contributed by atoms with Crippen LogP contribution in [0.3, 0.4) is 0 Å². The van der Waals surface area contributed by atoms with Gasteiger partial charge in [0.05, 0.1) is 25.4 Å². The van der Waals surface area contributed by atoms with Crippen molar-refractivity contribution in [3.63, 3.8) is 0 Å². The third-order valence-corrected chi connectivity index (χ3v) is 5.86. The van der Waals surface area contributed by atoms with E-state index in [9.17, 15) is 0 Å². The molecule has 8 heteroatoms. The van der Waals surface area contributed by atoms with Gasteiger partial charge in [0.15, 0.2) is 17.1 Å². The Morgan fingerprint density at radius 1 is 1.07 bits per heavy atom. The van der Waals surface area contributed by atoms with Gasteiger partial charge in [-0.25, -0.2) is 9.97 Å². The minimum absolute atomic E-state index is 0.163. The first kappa shape index (κ1) is 20.6. The fraction of sp³-hybridized carbons (Fsp3) is 0.318. The highest BCUT2D eigenvalue weighted by Crippen LogP contribution is 2.39. The molecule has 156 valence electrons. The van der Waals surface area contributed by atoms with Gasteiger partial charge in [-0.05, 0) is 34.7 Å². The summed E-state index contributed by atoms with van der Waals surface area (Å²) in [6.45, 7) is 6.34. The van der Waals surface area contributed by atoms with E-state index >= 15 is 0 Å². The maximum Gasteiger partial charge on any atom is 0.242 e. The van der Waals surface area contributed by atoms with Crippen molar-refractivity contribution in [2.45, 2.75) is 26.2 Å². The standard InChI is InChI=1S/C22H24IN5O2/c1-22(2,3)19-18(29-5)17(28(4)27-19)20-24-15-11-14(12-9-7-8-10-13(12)23)25-21(30-6)16(15)26-20/h7-11H,1-6H3,(H,24,26). The Morgan fingerprint density at radius 3 is 2.43 bits per heavy atom. The molecule has 0 aliphatic rings. The van der Waals surface area contributed by atoms with Gasteiger partial charge in [0.25, 0.3) is 0 Å². The number of hydrogen-bond donors (Lipinski definition) is 1. The number of ether oxygens (including phenoxy) is 2. The highest BCUT2D eigenvalue weighted by Gasteiger charge is 2.29. The van der Waals surface area contributed by atoms with Crippen molar-refractivity contribution < 1.29 is 9.47 Å². The molecule has 0 atom stereocenters. The Labute approximate surface area is 189 Å². The minimum Gasteiger partial charge on any atom is -0.492 e. The van der Waals surface area contributed by atoms with E-state index in [1.165, 1.54) is 0 Å². The number of aromatic nitrogens is 5. The van der Waals surface area contributed by atoms with Gasteiger partial charge in [0.1, 0.15) is 11.4 Å². The van der Waals surface area contributed by atoms with E-state index < -0.39 is 0 Å². The lowest BCUT2D eigenvalue weighted by molar-refractivity contribution is 0.398. The van der Waals surface area contributed by atoms with Crippen molar-refractivity contribution >= 4 is 33.6 Å². The summed E-state index contributed by atoms with van der Waals surface area (Å²) in [5.74, 6) is 1.85. The van der Waals surface area contributed by atoms with E-state index in [4.69, 9.17) is 24.5 Å². The molecule has 0 radical (unpaired) electrons. The van der Waals surface area contributed by atoms with Gasteiger partial charge in [0, 0.05) is 21.6 Å². The van der Waals surface area contributed by atoms with Crippen molar-refractivity contribution in [1.29, 1.82) is 0 Å². The molecule has 30 heavy (non-hydrogen) atoms. The van der Waals surface area contributed by atoms with Crippen LogP contribution in [0, 0.1) is 3.57 Å². The second kappa shape index (κ2) is 7.57. The van der Waals surface area contributed by atoms with Crippen LogP contribution in [0.4, 0.5) is 0 Å². The molecule has 0 fully saturated rings. The molecule has 0 aliphatic carbocycles. The molecule has 0 amide bonds. The fourth-order valence-electron chi connectivity index (χ4n) is 3.50. The van der Waals surface area contributed by atoms with Crippen LogP contribution in [-0.2, 0) is 12.5 Å². The second-order valence-electron chi connectivity index (χ2n) is 8.08. The van der Waals surface area contributed by atoms with Crippen LogP contribution >= 0.6 is 22.6 Å². The molecule has 4 aromatic rings. The maximum absolute atomic E-state index is 5.75. The summed E-state index contributed by atoms with van der Waals surface area (Å²) in [5, 5.41) is 4.70. The molecule has 1 N–H and O–H groups in total. The lowest BCUT2D eigenvalue weighted by Crippen LogP contribution is -2.13. The van der Waals surface area contributed by atoms with Crippen LogP contribution in [-0.4, -0.2) is 39.0 Å². The van der Waals surface area contributed by atoms with Gasteiger partial charge in [-0.2, -0.15) is 5.10 Å². The summed E-state index contributed by atoms with van der Waals surface area (Å²) in [4.78, 5) is 12.9. The second-order valence-corrected chi connectivity index (χ2v) is 9.24. The lowest BCUT2D eigenvalue weighted by Gasteiger charge is -2.16. The lowest BCUT2D eigenvalue weighted by atomic mass is 9.91. The molecule has 0 saturated carbocycles. The molecule has 7 nitrogen and oxygen atoms in total. The van der Waals surface area contributed by atoms with Crippen LogP contribution in [0.25, 0.3) is 33.8 Å². The predicted octanol–water partition coefficient (Wildman–Crippen LogP) is 4.94. The molecule has 4 rings (SSSR count). The molecule has 3 heterocycles. The molecule has 1 aromatic carbocycles. The number of aryl methyl sites for hydroxylation is 1. The fourth-order valence-corrected chi connectivity index (χ4v) is 4.16. The first-order valence-electron chi connectivity index (χ1n) is 9.56. The van der Waals surface area contributed by atoms with Crippen molar-refractivity contribution in [1.82, 2.24) is 24.7 Å². The van der Waals surface area contributed by atoms with E-state index in [1.807, 2.05) is 31.3 Å². The quantitative estimate of drug-likeness (QED) is 0.388. The van der Waals surface area contributed by atoms with Crippen molar-refractivity contribution in [3.8, 4) is 34.4 Å². The number of benzene rings is 1. The highest BCUT2D eigenvalue weighted by atomic mass is 127. The number of rotatable bonds is 4. The zero-order valence-electron chi connectivity index (χ0n) is 17.9. The molecular formula is C22H24IN5O2. The number of methoxy groups -OCH3 is 2. The maximum atomic E-state index is 5.75. The summed E-state index contributed by atoms with van der Waals surface area (Å²) in [7, 11) is 5.17. The molecule has 0 aliphatic heterocycles. The van der Waals surface area contributed by atoms with Gasteiger partial charge in [-0.1, -0.05) is 39.0 Å². The van der Waals surface area contributed by atoms with E-state index in [2.05, 4.69) is 54.4 Å². The average molecular weight is 517 g/mol. The number of pyridine rings is 1. The van der Waals surface area contributed by atoms with Crippen LogP contribution in [0.2, 0.25) is 0 Å². The molecule has 0 saturated heterocycles. The average Bonchev–Trinajstić information content (AvgIpc) is 3.27. The number of nitrogens with zero attached hydrogens (tertiary/aromatic N) is 4. The first-order chi connectivity index (χ1) is 14.2. The summed E-state index contributed by atoms with van der Waals surface area (Å²) < 4.78 is 14.2. The third-order valence-electron chi connectivity index (χ3n) is 4.92. The van der Waals surface area contributed by atoms with Crippen LogP contribution in [0.15, 0.2) is 30.3 Å². The largest absolute Gasteiger partial charge is 0.492 e. The number of hydrogen-bond acceptors (Lipinski definition) is 5. The van der Waals surface area contributed by atoms with Crippen LogP contribution in [0.1, 0.15) is 26.5 Å². The number of imidazole rings is 1. The summed E-state index contributed by atoms with van der Waals surface area (Å²) in [5.41, 5.74) is 4.89. The molecular weight excluding hydrogens is 493 g/mol. The number of nitrogens with one attached hydrogen (secondary N) is 1. The van der Waals surface area contributed by atoms with Gasteiger partial charge in [0.2, 0.25) is 5.88 Å². The minimum atomic E-state index is -0.163. The topological polar surface area (TPSA) is 77.8 Å². The zero-order chi connectivity index (χ0) is 21.6. The van der Waals surface area contributed by atoms with E-state index in [1.54, 1.807) is 18.9 Å². The van der Waals surface area contributed by atoms with Crippen molar-refractivity contribution in [3.05, 3.63) is 39.6 Å². The first-order valence-corrected chi connectivity index (χ1v) is 10.6. The monoisotopic (exact) mass is 517 g/mol. The highest BCUT2D eigenvalue weighted by molar-refractivity contribution is 14.1. The number of aromatic amines is 1. The third kappa shape index (κ3) is 3.42. The Hall–Kier alpha value is -2.62. The Morgan fingerprint density at radius 2 is 1.80 bits per heavy atom. The Kier molecular flexibility index (Phi) is 5.21. The Bertz CT molecular complexity index is 1240. The van der Waals surface area contributed by atoms with Gasteiger partial charge in [-0.15, -0.1) is 0 Å². The van der Waals surface area contributed by atoms with Crippen LogP contribution < -0.4 is 9.47 Å². The predicted molar refractivity (Wildman–Crippen MR) is 126 cm³/mol. The van der Waals surface area contributed by atoms with Crippen molar-refractivity contribution in [2.75, 3.05) is 14.2 Å². The molecule has 0 spiro atoms. The van der Waals surface area contributed by atoms with E-state index in [0.717, 1.165) is 31.7 Å². The summed E-state index contributed by atoms with van der Waals surface area (Å²) in [6.07, 6.45) is 0. The number of H-pyrrole nitrogens is 1. The Balaban J connectivity index is 1.94. The molecule has 0 bridgehead atoms. The number of fused-ring (bicyclic) bond motifs is 1. The zero-order valence-corrected chi connectivity index (χ0v) is 20.0. The molecule has 0 unspecified atom stereocenters. The van der Waals surface area contributed by atoms with E-state index in [-0.39, 0.29) is 5.41 Å². The van der Waals surface area contributed by atoms with Gasteiger partial charge >= 0.3 is 0 Å². The molecule has 3 aromatic heterocycles. The van der Waals surface area contributed by atoms with Gasteiger partial charge < -0.3 is 14.5 Å². The van der Waals surface area contributed by atoms with Gasteiger partial charge in [-0.3, -0.25) is 4.68 Å². The normalized spacial score (nSPS) is 11.8. The van der Waals surface area contributed by atoms with E-state index in [0.29, 0.717) is 23.0 Å². The number of halogens is 1. The summed E-state index contributed by atoms with van der Waals surface area (Å²) >= 11 is 2.31. The summed E-state index contributed by atoms with van der Waals surface area (Å²) in [6, 6.07) is 10.1. The SMILES string of the molecule is COc1c(C(C)(C)C)nn(C)c1-c1nc2c(OC)nc(-c3ccccc3I)cc2[nH]1. The smallest absolute Gasteiger partial charge is 0.242 e. The van der Waals surface area contributed by atoms with Crippen LogP contribution in [0.5, 0.6) is 11.6 Å².